The number of amides is 1. The molecule has 1 amide bonds. The Hall–Kier alpha value is -2.87. The summed E-state index contributed by atoms with van der Waals surface area (Å²) in [5.74, 6) is 0.869. The SMILES string of the molecule is CCNC(=O)c1cnc(N)c(NCCCNCCc2ccc(OC)nc2)c1. The highest BCUT2D eigenvalue weighted by Crippen LogP contribution is 2.17. The van der Waals surface area contributed by atoms with Gasteiger partial charge in [-0.2, -0.15) is 0 Å². The number of carbonyl (C=O) groups excluding carboxylic acids is 1. The van der Waals surface area contributed by atoms with Gasteiger partial charge >= 0.3 is 0 Å². The molecule has 5 N–H and O–H groups in total. The van der Waals surface area contributed by atoms with Crippen LogP contribution in [-0.2, 0) is 6.42 Å². The molecule has 2 rings (SSSR count). The Morgan fingerprint density at radius 1 is 1.19 bits per heavy atom. The molecule has 2 aromatic rings. The highest BCUT2D eigenvalue weighted by molar-refractivity contribution is 5.95. The van der Waals surface area contributed by atoms with Gasteiger partial charge in [-0.25, -0.2) is 9.97 Å². The lowest BCUT2D eigenvalue weighted by Gasteiger charge is -2.11. The number of nitrogens with zero attached hydrogens (tertiary/aromatic N) is 2. The van der Waals surface area contributed by atoms with Gasteiger partial charge in [-0.3, -0.25) is 4.79 Å². The first-order valence-electron chi connectivity index (χ1n) is 9.11. The molecule has 0 spiro atoms. The smallest absolute Gasteiger partial charge is 0.252 e. The summed E-state index contributed by atoms with van der Waals surface area (Å²) in [6, 6.07) is 5.62. The first-order chi connectivity index (χ1) is 13.1. The number of anilines is 2. The zero-order chi connectivity index (χ0) is 19.5. The van der Waals surface area contributed by atoms with Crippen molar-refractivity contribution in [1.29, 1.82) is 0 Å². The van der Waals surface area contributed by atoms with E-state index in [1.807, 2.05) is 25.3 Å². The minimum Gasteiger partial charge on any atom is -0.481 e. The lowest BCUT2D eigenvalue weighted by Crippen LogP contribution is -2.23. The monoisotopic (exact) mass is 372 g/mol. The maximum Gasteiger partial charge on any atom is 0.252 e. The second-order valence-electron chi connectivity index (χ2n) is 6.01. The minimum absolute atomic E-state index is 0.150. The van der Waals surface area contributed by atoms with Crippen molar-refractivity contribution in [1.82, 2.24) is 20.6 Å². The molecule has 0 saturated carbocycles. The van der Waals surface area contributed by atoms with Gasteiger partial charge in [-0.1, -0.05) is 6.07 Å². The van der Waals surface area contributed by atoms with Crippen LogP contribution in [0.1, 0.15) is 29.3 Å². The van der Waals surface area contributed by atoms with Crippen LogP contribution in [0.25, 0.3) is 0 Å². The first kappa shape index (κ1) is 20.4. The number of aromatic nitrogens is 2. The Morgan fingerprint density at radius 2 is 2.04 bits per heavy atom. The van der Waals surface area contributed by atoms with Crippen LogP contribution < -0.4 is 26.4 Å². The van der Waals surface area contributed by atoms with E-state index in [-0.39, 0.29) is 5.91 Å². The van der Waals surface area contributed by atoms with Crippen LogP contribution in [0.5, 0.6) is 5.88 Å². The number of nitrogens with two attached hydrogens (primary N) is 1. The molecular formula is C19H28N6O2. The molecule has 2 aromatic heterocycles. The molecule has 0 radical (unpaired) electrons. The third-order valence-corrected chi connectivity index (χ3v) is 3.96. The van der Waals surface area contributed by atoms with Gasteiger partial charge in [-0.05, 0) is 44.5 Å². The Morgan fingerprint density at radius 3 is 2.74 bits per heavy atom. The molecule has 0 aliphatic carbocycles. The highest BCUT2D eigenvalue weighted by atomic mass is 16.5. The van der Waals surface area contributed by atoms with Crippen LogP contribution in [0.4, 0.5) is 11.5 Å². The van der Waals surface area contributed by atoms with E-state index in [1.54, 1.807) is 13.2 Å². The third-order valence-electron chi connectivity index (χ3n) is 3.96. The van der Waals surface area contributed by atoms with Crippen molar-refractivity contribution in [3.8, 4) is 5.88 Å². The molecule has 146 valence electrons. The van der Waals surface area contributed by atoms with Crippen LogP contribution in [0.3, 0.4) is 0 Å². The number of nitrogen functional groups attached to an aromatic ring is 1. The molecule has 8 nitrogen and oxygen atoms in total. The summed E-state index contributed by atoms with van der Waals surface area (Å²) in [5.41, 5.74) is 8.23. The van der Waals surface area contributed by atoms with Gasteiger partial charge in [0, 0.05) is 31.5 Å². The van der Waals surface area contributed by atoms with Crippen molar-refractivity contribution < 1.29 is 9.53 Å². The highest BCUT2D eigenvalue weighted by Gasteiger charge is 2.08. The number of carbonyl (C=O) groups is 1. The Labute approximate surface area is 159 Å². The molecule has 0 bridgehead atoms. The molecule has 0 aliphatic rings. The molecule has 0 unspecified atom stereocenters. The molecular weight excluding hydrogens is 344 g/mol. The van der Waals surface area contributed by atoms with E-state index < -0.39 is 0 Å². The number of ether oxygens (including phenoxy) is 1. The van der Waals surface area contributed by atoms with E-state index in [9.17, 15) is 4.79 Å². The molecule has 27 heavy (non-hydrogen) atoms. The normalized spacial score (nSPS) is 10.4. The average molecular weight is 372 g/mol. The summed E-state index contributed by atoms with van der Waals surface area (Å²) < 4.78 is 5.05. The van der Waals surface area contributed by atoms with Crippen molar-refractivity contribution >= 4 is 17.4 Å². The van der Waals surface area contributed by atoms with Crippen molar-refractivity contribution in [2.24, 2.45) is 0 Å². The lowest BCUT2D eigenvalue weighted by molar-refractivity contribution is 0.0955. The topological polar surface area (TPSA) is 114 Å². The fourth-order valence-electron chi connectivity index (χ4n) is 2.48. The van der Waals surface area contributed by atoms with Crippen molar-refractivity contribution in [3.63, 3.8) is 0 Å². The minimum atomic E-state index is -0.150. The molecule has 2 heterocycles. The summed E-state index contributed by atoms with van der Waals surface area (Å²) >= 11 is 0. The van der Waals surface area contributed by atoms with E-state index in [4.69, 9.17) is 10.5 Å². The summed E-state index contributed by atoms with van der Waals surface area (Å²) in [7, 11) is 1.61. The standard InChI is InChI=1S/C19H28N6O2/c1-3-22-19(26)15-11-16(18(20)25-13-15)23-9-4-8-21-10-7-14-5-6-17(27-2)24-12-14/h5-6,11-13,21,23H,3-4,7-10H2,1-2H3,(H2,20,25)(H,22,26). The number of rotatable bonds is 11. The molecule has 0 saturated heterocycles. The number of pyridine rings is 2. The van der Waals surface area contributed by atoms with Gasteiger partial charge in [0.2, 0.25) is 5.88 Å². The van der Waals surface area contributed by atoms with Crippen LogP contribution in [0, 0.1) is 0 Å². The second-order valence-corrected chi connectivity index (χ2v) is 6.01. The van der Waals surface area contributed by atoms with Gasteiger partial charge in [0.05, 0.1) is 18.4 Å². The summed E-state index contributed by atoms with van der Waals surface area (Å²) in [5, 5.41) is 9.39. The summed E-state index contributed by atoms with van der Waals surface area (Å²) in [4.78, 5) is 20.1. The number of nitrogens with one attached hydrogen (secondary N) is 3. The summed E-state index contributed by atoms with van der Waals surface area (Å²) in [6.45, 7) is 4.94. The number of hydrogen-bond donors (Lipinski definition) is 4. The third kappa shape index (κ3) is 6.74. The van der Waals surface area contributed by atoms with E-state index in [0.717, 1.165) is 32.5 Å². The average Bonchev–Trinajstić information content (AvgIpc) is 2.69. The van der Waals surface area contributed by atoms with Crippen molar-refractivity contribution in [3.05, 3.63) is 41.7 Å². The molecule has 8 heteroatoms. The Kier molecular flexibility index (Phi) is 8.31. The predicted octanol–water partition coefficient (Wildman–Crippen LogP) is 1.45. The van der Waals surface area contributed by atoms with Crippen LogP contribution >= 0.6 is 0 Å². The zero-order valence-corrected chi connectivity index (χ0v) is 15.9. The molecule has 0 fully saturated rings. The fraction of sp³-hybridized carbons (Fsp3) is 0.421. The van der Waals surface area contributed by atoms with E-state index in [1.165, 1.54) is 11.8 Å². The van der Waals surface area contributed by atoms with Gasteiger partial charge in [0.25, 0.3) is 5.91 Å². The van der Waals surface area contributed by atoms with Crippen molar-refractivity contribution in [2.75, 3.05) is 44.3 Å². The number of methoxy groups -OCH3 is 1. The van der Waals surface area contributed by atoms with Gasteiger partial charge in [0.1, 0.15) is 5.82 Å². The van der Waals surface area contributed by atoms with E-state index in [2.05, 4.69) is 25.9 Å². The Bertz CT molecular complexity index is 721. The lowest BCUT2D eigenvalue weighted by atomic mass is 10.2. The zero-order valence-electron chi connectivity index (χ0n) is 15.9. The predicted molar refractivity (Wildman–Crippen MR) is 107 cm³/mol. The molecule has 0 aromatic carbocycles. The van der Waals surface area contributed by atoms with Crippen LogP contribution in [-0.4, -0.2) is 49.2 Å². The molecule has 0 aliphatic heterocycles. The van der Waals surface area contributed by atoms with Crippen LogP contribution in [0.15, 0.2) is 30.6 Å². The fourth-order valence-corrected chi connectivity index (χ4v) is 2.48. The maximum absolute atomic E-state index is 11.9. The summed E-state index contributed by atoms with van der Waals surface area (Å²) in [6.07, 6.45) is 5.15. The largest absolute Gasteiger partial charge is 0.481 e. The van der Waals surface area contributed by atoms with Gasteiger partial charge in [-0.15, -0.1) is 0 Å². The van der Waals surface area contributed by atoms with Gasteiger partial charge < -0.3 is 26.4 Å². The molecule has 0 atom stereocenters. The first-order valence-corrected chi connectivity index (χ1v) is 9.11. The van der Waals surface area contributed by atoms with Crippen molar-refractivity contribution in [2.45, 2.75) is 19.8 Å². The maximum atomic E-state index is 11.9. The number of hydrogen-bond acceptors (Lipinski definition) is 7. The Balaban J connectivity index is 1.66. The van der Waals surface area contributed by atoms with E-state index >= 15 is 0 Å². The van der Waals surface area contributed by atoms with Crippen LogP contribution in [0.2, 0.25) is 0 Å². The van der Waals surface area contributed by atoms with E-state index in [0.29, 0.717) is 29.5 Å². The quantitative estimate of drug-likeness (QED) is 0.441. The second kappa shape index (κ2) is 11.0. The van der Waals surface area contributed by atoms with Gasteiger partial charge in [0.15, 0.2) is 0 Å².